The Morgan fingerprint density at radius 2 is 2.25 bits per heavy atom. The minimum absolute atomic E-state index is 0.103. The highest BCUT2D eigenvalue weighted by molar-refractivity contribution is 8.04. The topological polar surface area (TPSA) is 74.8 Å². The van der Waals surface area contributed by atoms with Gasteiger partial charge in [0, 0.05) is 33.8 Å². The number of aliphatic imine (C=N–C) groups is 2. The second kappa shape index (κ2) is 6.11. The molecule has 2 heterocycles. The van der Waals surface area contributed by atoms with E-state index in [9.17, 15) is 0 Å². The van der Waals surface area contributed by atoms with Crippen molar-refractivity contribution in [2.24, 2.45) is 21.6 Å². The molecule has 0 bridgehead atoms. The molecule has 2 aliphatic heterocycles. The molecule has 3 aliphatic rings. The highest BCUT2D eigenvalue weighted by atomic mass is 32.2. The van der Waals surface area contributed by atoms with E-state index in [2.05, 4.69) is 47.3 Å². The van der Waals surface area contributed by atoms with Gasteiger partial charge in [0.1, 0.15) is 5.50 Å². The zero-order valence-electron chi connectivity index (χ0n) is 13.7. The van der Waals surface area contributed by atoms with Gasteiger partial charge in [-0.3, -0.25) is 4.99 Å². The van der Waals surface area contributed by atoms with E-state index in [1.807, 2.05) is 6.20 Å². The molecule has 4 rings (SSSR count). The van der Waals surface area contributed by atoms with Gasteiger partial charge in [-0.05, 0) is 37.3 Å². The van der Waals surface area contributed by atoms with Gasteiger partial charge in [-0.1, -0.05) is 30.5 Å². The predicted molar refractivity (Wildman–Crippen MR) is 102 cm³/mol. The molecule has 0 saturated heterocycles. The van der Waals surface area contributed by atoms with Gasteiger partial charge in [0.15, 0.2) is 5.84 Å². The Kier molecular flexibility index (Phi) is 3.94. The van der Waals surface area contributed by atoms with Crippen LogP contribution in [0.2, 0.25) is 0 Å². The Morgan fingerprint density at radius 1 is 1.42 bits per heavy atom. The van der Waals surface area contributed by atoms with Crippen LogP contribution in [0.5, 0.6) is 0 Å². The van der Waals surface area contributed by atoms with Gasteiger partial charge in [0.25, 0.3) is 0 Å². The fraction of sp³-hybridized carbons (Fsp3) is 0.333. The summed E-state index contributed by atoms with van der Waals surface area (Å²) in [6, 6.07) is 6.28. The first-order chi connectivity index (χ1) is 11.6. The van der Waals surface area contributed by atoms with Crippen LogP contribution in [0.15, 0.2) is 51.6 Å². The minimum atomic E-state index is -0.103. The molecule has 124 valence electrons. The number of nitrogens with one attached hydrogen (secondary N) is 2. The molecule has 24 heavy (non-hydrogen) atoms. The monoisotopic (exact) mass is 339 g/mol. The first-order valence-corrected chi connectivity index (χ1v) is 9.06. The first kappa shape index (κ1) is 15.5. The average Bonchev–Trinajstić information content (AvgIpc) is 3.13. The Morgan fingerprint density at radius 3 is 2.96 bits per heavy atom. The van der Waals surface area contributed by atoms with Crippen LogP contribution in [0.25, 0.3) is 0 Å². The summed E-state index contributed by atoms with van der Waals surface area (Å²) in [6.45, 7) is 6.96. The van der Waals surface area contributed by atoms with Crippen molar-refractivity contribution in [1.82, 2.24) is 5.32 Å². The van der Waals surface area contributed by atoms with E-state index in [4.69, 9.17) is 10.7 Å². The first-order valence-electron chi connectivity index (χ1n) is 8.18. The molecule has 0 amide bonds. The van der Waals surface area contributed by atoms with Crippen molar-refractivity contribution >= 4 is 29.0 Å². The van der Waals surface area contributed by atoms with Crippen molar-refractivity contribution < 1.29 is 0 Å². The Balaban J connectivity index is 1.52. The fourth-order valence-corrected chi connectivity index (χ4v) is 3.54. The molecule has 1 aromatic carbocycles. The summed E-state index contributed by atoms with van der Waals surface area (Å²) in [5.41, 5.74) is 11.1. The van der Waals surface area contributed by atoms with E-state index in [1.165, 1.54) is 18.6 Å². The van der Waals surface area contributed by atoms with Crippen LogP contribution in [0.3, 0.4) is 0 Å². The summed E-state index contributed by atoms with van der Waals surface area (Å²) in [6.07, 6.45) is 4.44. The van der Waals surface area contributed by atoms with Crippen LogP contribution >= 0.6 is 11.8 Å². The number of anilines is 1. The lowest BCUT2D eigenvalue weighted by atomic mass is 10.1. The van der Waals surface area contributed by atoms with Gasteiger partial charge >= 0.3 is 0 Å². The highest BCUT2D eigenvalue weighted by Gasteiger charge is 2.29. The molecular formula is C18H21N5S. The lowest BCUT2D eigenvalue weighted by Gasteiger charge is -2.14. The molecular weight excluding hydrogens is 318 g/mol. The molecule has 0 spiro atoms. The summed E-state index contributed by atoms with van der Waals surface area (Å²) >= 11 is 1.56. The second-order valence-electron chi connectivity index (χ2n) is 6.36. The lowest BCUT2D eigenvalue weighted by molar-refractivity contribution is 0.836. The molecule has 1 fully saturated rings. The number of rotatable bonds is 5. The van der Waals surface area contributed by atoms with Gasteiger partial charge in [-0.25, -0.2) is 4.99 Å². The molecule has 1 aliphatic carbocycles. The van der Waals surface area contributed by atoms with Crippen molar-refractivity contribution in [3.8, 4) is 0 Å². The van der Waals surface area contributed by atoms with Crippen molar-refractivity contribution in [2.45, 2.75) is 25.3 Å². The summed E-state index contributed by atoms with van der Waals surface area (Å²) in [5.74, 6) is 1.53. The molecule has 5 nitrogen and oxygen atoms in total. The van der Waals surface area contributed by atoms with Crippen LogP contribution in [-0.4, -0.2) is 23.6 Å². The number of nitrogens with two attached hydrogens (primary N) is 1. The zero-order valence-corrected chi connectivity index (χ0v) is 14.5. The molecule has 0 aromatic heterocycles. The standard InChI is InChI=1S/C18H21N5S/c1-10-3-4-13(17-20-8-15(23-17)12-5-6-12)7-14(10)22-11(2)16-9-21-18(19)24-16/h3-4,7,9,12,18,21-22H,2,5-6,8,19H2,1H3. The van der Waals surface area contributed by atoms with Crippen molar-refractivity contribution in [2.75, 3.05) is 11.9 Å². The molecule has 1 atom stereocenters. The van der Waals surface area contributed by atoms with Crippen molar-refractivity contribution in [3.05, 3.63) is 52.7 Å². The number of nitrogens with zero attached hydrogens (tertiary/aromatic N) is 2. The van der Waals surface area contributed by atoms with Crippen molar-refractivity contribution in [3.63, 3.8) is 0 Å². The normalized spacial score (nSPS) is 22.6. The van der Waals surface area contributed by atoms with Crippen LogP contribution < -0.4 is 16.4 Å². The maximum atomic E-state index is 5.84. The molecule has 6 heteroatoms. The third kappa shape index (κ3) is 3.12. The largest absolute Gasteiger partial charge is 0.366 e. The van der Waals surface area contributed by atoms with E-state index in [0.29, 0.717) is 5.92 Å². The van der Waals surface area contributed by atoms with E-state index in [-0.39, 0.29) is 5.50 Å². The van der Waals surface area contributed by atoms with Gasteiger partial charge in [0.2, 0.25) is 0 Å². The van der Waals surface area contributed by atoms with E-state index in [0.717, 1.165) is 39.8 Å². The molecule has 1 saturated carbocycles. The summed E-state index contributed by atoms with van der Waals surface area (Å²) < 4.78 is 0. The van der Waals surface area contributed by atoms with Crippen molar-refractivity contribution in [1.29, 1.82) is 0 Å². The third-order valence-corrected chi connectivity index (χ3v) is 5.41. The Hall–Kier alpha value is -2.05. The summed E-state index contributed by atoms with van der Waals surface area (Å²) in [4.78, 5) is 10.4. The predicted octanol–water partition coefficient (Wildman–Crippen LogP) is 2.95. The van der Waals surface area contributed by atoms with E-state index in [1.54, 1.807) is 11.8 Å². The van der Waals surface area contributed by atoms with Gasteiger partial charge in [-0.15, -0.1) is 0 Å². The highest BCUT2D eigenvalue weighted by Crippen LogP contribution is 2.33. The maximum Gasteiger partial charge on any atom is 0.155 e. The summed E-state index contributed by atoms with van der Waals surface area (Å²) in [5, 5.41) is 6.47. The second-order valence-corrected chi connectivity index (χ2v) is 7.55. The van der Waals surface area contributed by atoms with Crippen LogP contribution in [0.4, 0.5) is 5.69 Å². The van der Waals surface area contributed by atoms with Crippen LogP contribution in [-0.2, 0) is 0 Å². The summed E-state index contributed by atoms with van der Waals surface area (Å²) in [7, 11) is 0. The number of benzene rings is 1. The Bertz CT molecular complexity index is 789. The smallest absolute Gasteiger partial charge is 0.155 e. The number of thioether (sulfide) groups is 1. The SMILES string of the molecule is C=C(Nc1cc(C2=NCC(C3CC3)=N2)ccc1C)C1=CNC(N)S1. The number of aryl methyl sites for hydroxylation is 1. The lowest BCUT2D eigenvalue weighted by Crippen LogP contribution is -2.25. The molecule has 4 N–H and O–H groups in total. The third-order valence-electron chi connectivity index (χ3n) is 4.40. The number of hydrogen-bond donors (Lipinski definition) is 3. The number of amidine groups is 1. The van der Waals surface area contributed by atoms with Crippen LogP contribution in [0.1, 0.15) is 24.0 Å². The van der Waals surface area contributed by atoms with Crippen LogP contribution in [0, 0.1) is 12.8 Å². The number of hydrogen-bond acceptors (Lipinski definition) is 6. The fourth-order valence-electron chi connectivity index (χ4n) is 2.80. The molecule has 1 aromatic rings. The van der Waals surface area contributed by atoms with Gasteiger partial charge < -0.3 is 16.4 Å². The molecule has 1 unspecified atom stereocenters. The average molecular weight is 339 g/mol. The molecule has 0 radical (unpaired) electrons. The maximum absolute atomic E-state index is 5.84. The minimum Gasteiger partial charge on any atom is -0.366 e. The van der Waals surface area contributed by atoms with Gasteiger partial charge in [-0.2, -0.15) is 0 Å². The Labute approximate surface area is 146 Å². The quantitative estimate of drug-likeness (QED) is 0.771. The van der Waals surface area contributed by atoms with E-state index >= 15 is 0 Å². The zero-order chi connectivity index (χ0) is 16.7. The van der Waals surface area contributed by atoms with Gasteiger partial charge in [0.05, 0.1) is 6.54 Å². The van der Waals surface area contributed by atoms with E-state index < -0.39 is 0 Å².